The highest BCUT2D eigenvalue weighted by atomic mass is 16.6. The van der Waals surface area contributed by atoms with E-state index < -0.39 is 21.5 Å². The second-order valence-electron chi connectivity index (χ2n) is 7.08. The van der Waals surface area contributed by atoms with Crippen LogP contribution in [0.3, 0.4) is 0 Å². The maximum Gasteiger partial charge on any atom is 0.349 e. The van der Waals surface area contributed by atoms with Crippen molar-refractivity contribution in [3.63, 3.8) is 0 Å². The van der Waals surface area contributed by atoms with E-state index in [-0.39, 0.29) is 29.4 Å². The molecular weight excluding hydrogens is 444 g/mol. The van der Waals surface area contributed by atoms with Crippen LogP contribution in [0.25, 0.3) is 12.2 Å². The summed E-state index contributed by atoms with van der Waals surface area (Å²) in [5.41, 5.74) is 1.09. The molecule has 0 radical (unpaired) electrons. The van der Waals surface area contributed by atoms with Crippen LogP contribution in [-0.4, -0.2) is 29.5 Å². The molecule has 3 rings (SSSR count). The van der Waals surface area contributed by atoms with Crippen molar-refractivity contribution in [3.05, 3.63) is 97.6 Å². The molecule has 0 amide bonds. The van der Waals surface area contributed by atoms with Gasteiger partial charge < -0.3 is 14.2 Å². The van der Waals surface area contributed by atoms with Gasteiger partial charge in [-0.15, -0.1) is 0 Å². The van der Waals surface area contributed by atoms with Gasteiger partial charge in [0.05, 0.1) is 28.6 Å². The monoisotopic (exact) mass is 464 g/mol. The molecule has 0 spiro atoms. The van der Waals surface area contributed by atoms with Crippen molar-refractivity contribution in [2.24, 2.45) is 0 Å². The number of rotatable bonds is 9. The number of aryl methyl sites for hydroxylation is 1. The number of hydrogen-bond donors (Lipinski definition) is 0. The summed E-state index contributed by atoms with van der Waals surface area (Å²) in [6, 6.07) is 15.3. The molecule has 0 bridgehead atoms. The molecule has 0 saturated carbocycles. The average molecular weight is 464 g/mol. The second-order valence-corrected chi connectivity index (χ2v) is 7.08. The second kappa shape index (κ2) is 10.7. The molecule has 0 N–H and O–H groups in total. The van der Waals surface area contributed by atoms with Crippen molar-refractivity contribution in [2.75, 3.05) is 13.7 Å². The van der Waals surface area contributed by atoms with Gasteiger partial charge in [0.25, 0.3) is 11.4 Å². The summed E-state index contributed by atoms with van der Waals surface area (Å²) in [5.74, 6) is 0.363. The number of nitro benzene ring substituents is 2. The third kappa shape index (κ3) is 6.16. The summed E-state index contributed by atoms with van der Waals surface area (Å²) in [6.45, 7) is 1.65. The molecule has 3 aromatic rings. The molecule has 34 heavy (non-hydrogen) atoms. The minimum absolute atomic E-state index is 0.179. The largest absolute Gasteiger partial charge is 0.493 e. The smallest absolute Gasteiger partial charge is 0.349 e. The first-order valence-corrected chi connectivity index (χ1v) is 9.96. The van der Waals surface area contributed by atoms with Crippen LogP contribution in [0.4, 0.5) is 11.4 Å². The lowest BCUT2D eigenvalue weighted by Gasteiger charge is -2.11. The summed E-state index contributed by atoms with van der Waals surface area (Å²) in [6.07, 6.45) is 3.03. The standard InChI is InChI=1S/C24H20N2O8/c1-16-3-10-20(11-4-16)33-15-24(27)34-22-12-6-17(13-23(22)32-2)5-7-18-8-9-19(25(28)29)14-21(18)26(30)31/h3-14H,15H2,1-2H3. The number of non-ortho nitro benzene ring substituents is 1. The van der Waals surface area contributed by atoms with Gasteiger partial charge >= 0.3 is 5.97 Å². The first-order chi connectivity index (χ1) is 16.3. The first kappa shape index (κ1) is 23.9. The molecule has 3 aromatic carbocycles. The van der Waals surface area contributed by atoms with Crippen LogP contribution in [-0.2, 0) is 4.79 Å². The molecule has 0 fully saturated rings. The summed E-state index contributed by atoms with van der Waals surface area (Å²) in [5, 5.41) is 22.2. The Balaban J connectivity index is 1.71. The molecule has 0 aliphatic rings. The number of nitro groups is 2. The van der Waals surface area contributed by atoms with Gasteiger partial charge in [0.15, 0.2) is 18.1 Å². The van der Waals surface area contributed by atoms with E-state index in [4.69, 9.17) is 14.2 Å². The van der Waals surface area contributed by atoms with Gasteiger partial charge in [-0.1, -0.05) is 29.8 Å². The Morgan fingerprint density at radius 1 is 0.912 bits per heavy atom. The molecule has 0 aliphatic heterocycles. The highest BCUT2D eigenvalue weighted by Gasteiger charge is 2.18. The van der Waals surface area contributed by atoms with Crippen LogP contribution in [0.15, 0.2) is 60.7 Å². The fourth-order valence-electron chi connectivity index (χ4n) is 2.93. The minimum atomic E-state index is -0.697. The number of methoxy groups -OCH3 is 1. The number of carbonyl (C=O) groups excluding carboxylic acids is 1. The number of esters is 1. The van der Waals surface area contributed by atoms with E-state index in [9.17, 15) is 25.0 Å². The zero-order valence-electron chi connectivity index (χ0n) is 18.3. The number of hydrogen-bond acceptors (Lipinski definition) is 8. The van der Waals surface area contributed by atoms with Crippen LogP contribution in [0.5, 0.6) is 17.2 Å². The van der Waals surface area contributed by atoms with Crippen LogP contribution >= 0.6 is 0 Å². The maximum absolute atomic E-state index is 12.2. The van der Waals surface area contributed by atoms with Crippen molar-refractivity contribution in [1.29, 1.82) is 0 Å². The van der Waals surface area contributed by atoms with Crippen molar-refractivity contribution >= 4 is 29.5 Å². The van der Waals surface area contributed by atoms with Gasteiger partial charge in [0.2, 0.25) is 0 Å². The van der Waals surface area contributed by atoms with E-state index in [1.807, 2.05) is 19.1 Å². The molecule has 10 heteroatoms. The summed E-state index contributed by atoms with van der Waals surface area (Å²) < 4.78 is 16.0. The van der Waals surface area contributed by atoms with Gasteiger partial charge in [-0.3, -0.25) is 20.2 Å². The topological polar surface area (TPSA) is 131 Å². The molecule has 0 unspecified atom stereocenters. The normalized spacial score (nSPS) is 10.6. The highest BCUT2D eigenvalue weighted by Crippen LogP contribution is 2.30. The first-order valence-electron chi connectivity index (χ1n) is 9.96. The number of carbonyl (C=O) groups is 1. The Hall–Kier alpha value is -4.73. The maximum atomic E-state index is 12.2. The van der Waals surface area contributed by atoms with E-state index >= 15 is 0 Å². The molecule has 0 aromatic heterocycles. The predicted octanol–water partition coefficient (Wildman–Crippen LogP) is 4.97. The zero-order chi connectivity index (χ0) is 24.7. The molecule has 174 valence electrons. The molecule has 0 aliphatic carbocycles. The third-order valence-electron chi connectivity index (χ3n) is 4.67. The van der Waals surface area contributed by atoms with Crippen LogP contribution < -0.4 is 14.2 Å². The quantitative estimate of drug-likeness (QED) is 0.142. The number of benzene rings is 3. The lowest BCUT2D eigenvalue weighted by atomic mass is 10.1. The van der Waals surface area contributed by atoms with E-state index in [0.29, 0.717) is 11.3 Å². The molecule has 0 heterocycles. The fraction of sp³-hybridized carbons (Fsp3) is 0.125. The average Bonchev–Trinajstić information content (AvgIpc) is 2.82. The van der Waals surface area contributed by atoms with E-state index in [1.165, 1.54) is 31.4 Å². The SMILES string of the molecule is COc1cc(C=Cc2ccc([N+](=O)[O-])cc2[N+](=O)[O-])ccc1OC(=O)COc1ccc(C)cc1. The number of ether oxygens (including phenoxy) is 3. The minimum Gasteiger partial charge on any atom is -0.493 e. The Labute approximate surface area is 194 Å². The highest BCUT2D eigenvalue weighted by molar-refractivity contribution is 5.77. The van der Waals surface area contributed by atoms with Crippen molar-refractivity contribution in [2.45, 2.75) is 6.92 Å². The summed E-state index contributed by atoms with van der Waals surface area (Å²) in [4.78, 5) is 32.9. The third-order valence-corrected chi connectivity index (χ3v) is 4.67. The van der Waals surface area contributed by atoms with E-state index in [2.05, 4.69) is 0 Å². The summed E-state index contributed by atoms with van der Waals surface area (Å²) >= 11 is 0. The van der Waals surface area contributed by atoms with E-state index in [1.54, 1.807) is 30.3 Å². The van der Waals surface area contributed by atoms with Crippen LogP contribution in [0.1, 0.15) is 16.7 Å². The Kier molecular flexibility index (Phi) is 7.55. The lowest BCUT2D eigenvalue weighted by Crippen LogP contribution is -2.18. The van der Waals surface area contributed by atoms with Crippen LogP contribution in [0.2, 0.25) is 0 Å². The van der Waals surface area contributed by atoms with E-state index in [0.717, 1.165) is 11.6 Å². The van der Waals surface area contributed by atoms with Gasteiger partial charge in [0, 0.05) is 6.07 Å². The van der Waals surface area contributed by atoms with Crippen molar-refractivity contribution in [1.82, 2.24) is 0 Å². The van der Waals surface area contributed by atoms with Gasteiger partial charge in [-0.05, 0) is 48.9 Å². The summed E-state index contributed by atoms with van der Waals surface area (Å²) in [7, 11) is 1.41. The molecular formula is C24H20N2O8. The van der Waals surface area contributed by atoms with Gasteiger partial charge in [-0.2, -0.15) is 0 Å². The van der Waals surface area contributed by atoms with Crippen LogP contribution in [0, 0.1) is 27.2 Å². The Morgan fingerprint density at radius 3 is 2.29 bits per heavy atom. The Morgan fingerprint density at radius 2 is 1.65 bits per heavy atom. The van der Waals surface area contributed by atoms with Gasteiger partial charge in [0.1, 0.15) is 5.75 Å². The van der Waals surface area contributed by atoms with Gasteiger partial charge in [-0.25, -0.2) is 4.79 Å². The number of nitrogens with zero attached hydrogens (tertiary/aromatic N) is 2. The zero-order valence-corrected chi connectivity index (χ0v) is 18.3. The van der Waals surface area contributed by atoms with Crippen molar-refractivity contribution in [3.8, 4) is 17.2 Å². The molecule has 0 atom stereocenters. The fourth-order valence-corrected chi connectivity index (χ4v) is 2.93. The lowest BCUT2D eigenvalue weighted by molar-refractivity contribution is -0.394. The predicted molar refractivity (Wildman–Crippen MR) is 124 cm³/mol. The molecule has 0 saturated heterocycles. The Bertz CT molecular complexity index is 1250. The van der Waals surface area contributed by atoms with Crippen molar-refractivity contribution < 1.29 is 28.9 Å². The molecule has 10 nitrogen and oxygen atoms in total.